The molecule has 1 atom stereocenters. The number of piperidine rings is 1. The number of nitrogens with zero attached hydrogens (tertiary/aromatic N) is 1. The van der Waals surface area contributed by atoms with Crippen LogP contribution >= 0.6 is 0 Å². The molecule has 0 saturated carbocycles. The Morgan fingerprint density at radius 2 is 2.27 bits per heavy atom. The SMILES string of the molecule is COCCOC(=O)N1CCCC(C)(O)C1. The molecule has 5 heteroatoms. The molecule has 1 rings (SSSR count). The Labute approximate surface area is 90.0 Å². The number of carbonyl (C=O) groups excluding carboxylic acids is 1. The third kappa shape index (κ3) is 4.05. The molecular weight excluding hydrogens is 198 g/mol. The fraction of sp³-hybridized carbons (Fsp3) is 0.900. The van der Waals surface area contributed by atoms with Gasteiger partial charge in [0.15, 0.2) is 0 Å². The molecule has 1 heterocycles. The first-order valence-electron chi connectivity index (χ1n) is 5.18. The van der Waals surface area contributed by atoms with Crippen molar-refractivity contribution in [1.29, 1.82) is 0 Å². The fourth-order valence-corrected chi connectivity index (χ4v) is 1.68. The molecule has 0 aromatic heterocycles. The molecule has 1 saturated heterocycles. The number of aliphatic hydroxyl groups is 1. The summed E-state index contributed by atoms with van der Waals surface area (Å²) >= 11 is 0. The van der Waals surface area contributed by atoms with Crippen LogP contribution in [0, 0.1) is 0 Å². The number of ether oxygens (including phenoxy) is 2. The van der Waals surface area contributed by atoms with Gasteiger partial charge in [0.25, 0.3) is 0 Å². The van der Waals surface area contributed by atoms with E-state index in [1.807, 2.05) is 0 Å². The van der Waals surface area contributed by atoms with E-state index in [1.165, 1.54) is 0 Å². The van der Waals surface area contributed by atoms with Crippen LogP contribution in [-0.4, -0.2) is 55.1 Å². The fourth-order valence-electron chi connectivity index (χ4n) is 1.68. The molecule has 5 nitrogen and oxygen atoms in total. The zero-order valence-corrected chi connectivity index (χ0v) is 9.36. The highest BCUT2D eigenvalue weighted by Gasteiger charge is 2.31. The van der Waals surface area contributed by atoms with Gasteiger partial charge in [0.05, 0.1) is 18.8 Å². The Kier molecular flexibility index (Phi) is 4.35. The maximum atomic E-state index is 11.5. The summed E-state index contributed by atoms with van der Waals surface area (Å²) in [5, 5.41) is 9.79. The van der Waals surface area contributed by atoms with Crippen molar-refractivity contribution in [2.45, 2.75) is 25.4 Å². The summed E-state index contributed by atoms with van der Waals surface area (Å²) in [6, 6.07) is 0. The highest BCUT2D eigenvalue weighted by Crippen LogP contribution is 2.20. The lowest BCUT2D eigenvalue weighted by Gasteiger charge is -2.36. The van der Waals surface area contributed by atoms with E-state index in [1.54, 1.807) is 18.9 Å². The number of methoxy groups -OCH3 is 1. The molecular formula is C10H19NO4. The van der Waals surface area contributed by atoms with Crippen molar-refractivity contribution in [3.63, 3.8) is 0 Å². The molecule has 0 aliphatic carbocycles. The first-order valence-corrected chi connectivity index (χ1v) is 5.18. The lowest BCUT2D eigenvalue weighted by molar-refractivity contribution is -0.0183. The van der Waals surface area contributed by atoms with Gasteiger partial charge < -0.3 is 19.5 Å². The second-order valence-corrected chi connectivity index (χ2v) is 4.13. The van der Waals surface area contributed by atoms with Crippen LogP contribution in [0.25, 0.3) is 0 Å². The number of hydrogen-bond donors (Lipinski definition) is 1. The predicted molar refractivity (Wildman–Crippen MR) is 54.7 cm³/mol. The normalized spacial score (nSPS) is 26.5. The zero-order chi connectivity index (χ0) is 11.3. The second-order valence-electron chi connectivity index (χ2n) is 4.13. The summed E-state index contributed by atoms with van der Waals surface area (Å²) in [5.41, 5.74) is -0.779. The number of hydrogen-bond acceptors (Lipinski definition) is 4. The van der Waals surface area contributed by atoms with Crippen LogP contribution in [0.15, 0.2) is 0 Å². The first kappa shape index (κ1) is 12.3. The van der Waals surface area contributed by atoms with Crippen LogP contribution in [0.2, 0.25) is 0 Å². The summed E-state index contributed by atoms with van der Waals surface area (Å²) in [5.74, 6) is 0. The summed E-state index contributed by atoms with van der Waals surface area (Å²) in [4.78, 5) is 13.0. The lowest BCUT2D eigenvalue weighted by Crippen LogP contribution is -2.48. The van der Waals surface area contributed by atoms with Crippen molar-refractivity contribution < 1.29 is 19.4 Å². The van der Waals surface area contributed by atoms with Gasteiger partial charge in [0, 0.05) is 13.7 Å². The molecule has 0 aromatic carbocycles. The number of amides is 1. The lowest BCUT2D eigenvalue weighted by atomic mass is 9.96. The number of likely N-dealkylation sites (tertiary alicyclic amines) is 1. The molecule has 1 aliphatic heterocycles. The molecule has 88 valence electrons. The minimum absolute atomic E-state index is 0.258. The van der Waals surface area contributed by atoms with Gasteiger partial charge in [-0.15, -0.1) is 0 Å². The van der Waals surface area contributed by atoms with Crippen molar-refractivity contribution in [3.05, 3.63) is 0 Å². The highest BCUT2D eigenvalue weighted by molar-refractivity contribution is 5.67. The van der Waals surface area contributed by atoms with Crippen molar-refractivity contribution in [2.24, 2.45) is 0 Å². The van der Waals surface area contributed by atoms with Gasteiger partial charge in [0.2, 0.25) is 0 Å². The Hall–Kier alpha value is -0.810. The Morgan fingerprint density at radius 3 is 2.87 bits per heavy atom. The van der Waals surface area contributed by atoms with Gasteiger partial charge in [-0.2, -0.15) is 0 Å². The average Bonchev–Trinajstić information content (AvgIpc) is 2.16. The van der Waals surface area contributed by atoms with Gasteiger partial charge >= 0.3 is 6.09 Å². The van der Waals surface area contributed by atoms with Crippen molar-refractivity contribution in [3.8, 4) is 0 Å². The van der Waals surface area contributed by atoms with Crippen LogP contribution in [0.1, 0.15) is 19.8 Å². The second kappa shape index (κ2) is 5.32. The molecule has 15 heavy (non-hydrogen) atoms. The van der Waals surface area contributed by atoms with Gasteiger partial charge in [-0.25, -0.2) is 4.79 Å². The Bertz CT molecular complexity index is 217. The largest absolute Gasteiger partial charge is 0.447 e. The topological polar surface area (TPSA) is 59.0 Å². The monoisotopic (exact) mass is 217 g/mol. The smallest absolute Gasteiger partial charge is 0.409 e. The third-order valence-electron chi connectivity index (χ3n) is 2.45. The standard InChI is InChI=1S/C10H19NO4/c1-10(13)4-3-5-11(8-10)9(12)15-7-6-14-2/h13H,3-8H2,1-2H3. The van der Waals surface area contributed by atoms with E-state index in [9.17, 15) is 9.90 Å². The van der Waals surface area contributed by atoms with E-state index in [0.717, 1.165) is 12.8 Å². The van der Waals surface area contributed by atoms with E-state index < -0.39 is 5.60 Å². The first-order chi connectivity index (χ1) is 7.05. The van der Waals surface area contributed by atoms with Gasteiger partial charge in [0.1, 0.15) is 6.61 Å². The maximum absolute atomic E-state index is 11.5. The van der Waals surface area contributed by atoms with Crippen LogP contribution in [-0.2, 0) is 9.47 Å². The van der Waals surface area contributed by atoms with Crippen molar-refractivity contribution in [1.82, 2.24) is 4.90 Å². The Balaban J connectivity index is 2.32. The zero-order valence-electron chi connectivity index (χ0n) is 9.36. The minimum atomic E-state index is -0.779. The Morgan fingerprint density at radius 1 is 1.53 bits per heavy atom. The van der Waals surface area contributed by atoms with Crippen LogP contribution in [0.3, 0.4) is 0 Å². The van der Waals surface area contributed by atoms with Gasteiger partial charge in [-0.1, -0.05) is 0 Å². The molecule has 0 spiro atoms. The third-order valence-corrected chi connectivity index (χ3v) is 2.45. The molecule has 0 aromatic rings. The average molecular weight is 217 g/mol. The summed E-state index contributed by atoms with van der Waals surface area (Å²) in [7, 11) is 1.56. The summed E-state index contributed by atoms with van der Waals surface area (Å²) in [6.07, 6.45) is 1.17. The molecule has 1 N–H and O–H groups in total. The van der Waals surface area contributed by atoms with Crippen LogP contribution in [0.5, 0.6) is 0 Å². The van der Waals surface area contributed by atoms with Crippen molar-refractivity contribution >= 4 is 6.09 Å². The molecule has 0 bridgehead atoms. The van der Waals surface area contributed by atoms with Crippen LogP contribution in [0.4, 0.5) is 4.79 Å². The minimum Gasteiger partial charge on any atom is -0.447 e. The molecule has 1 aliphatic rings. The molecule has 0 radical (unpaired) electrons. The number of carbonyl (C=O) groups is 1. The summed E-state index contributed by atoms with van der Waals surface area (Å²) < 4.78 is 9.74. The number of β-amino-alcohol motifs (C(OH)–C–C–N with tert-alkyl or cyclic N) is 1. The van der Waals surface area contributed by atoms with Gasteiger partial charge in [-0.05, 0) is 19.8 Å². The predicted octanol–water partition coefficient (Wildman–Crippen LogP) is 0.616. The highest BCUT2D eigenvalue weighted by atomic mass is 16.6. The van der Waals surface area contributed by atoms with E-state index in [4.69, 9.17) is 9.47 Å². The molecule has 1 unspecified atom stereocenters. The van der Waals surface area contributed by atoms with Crippen molar-refractivity contribution in [2.75, 3.05) is 33.4 Å². The van der Waals surface area contributed by atoms with E-state index in [2.05, 4.69) is 0 Å². The van der Waals surface area contributed by atoms with Crippen LogP contribution < -0.4 is 0 Å². The van der Waals surface area contributed by atoms with E-state index >= 15 is 0 Å². The van der Waals surface area contributed by atoms with Gasteiger partial charge in [-0.3, -0.25) is 0 Å². The quantitative estimate of drug-likeness (QED) is 0.704. The van der Waals surface area contributed by atoms with E-state index in [-0.39, 0.29) is 12.7 Å². The van der Waals surface area contributed by atoms with E-state index in [0.29, 0.717) is 19.7 Å². The number of rotatable bonds is 3. The summed E-state index contributed by atoms with van der Waals surface area (Å²) in [6.45, 7) is 3.40. The molecule has 1 fully saturated rings. The maximum Gasteiger partial charge on any atom is 0.409 e. The molecule has 1 amide bonds.